The molecule has 3 N–H and O–H groups in total. The maximum atomic E-state index is 12.6. The molecule has 0 saturated heterocycles. The standard InChI is InChI=1S/C20H26F3N3O2/c1-4-6-9-26(13(3)18(27)15-7-8-15)12-14(5-2)16-10-17(19(24)25-11-16)28-20(21,22)23/h4,10-12,15,18,27H,1,3,5-9H2,2H3,(H2,24,25)/b14-12+. The Morgan fingerprint density at radius 2 is 2.18 bits per heavy atom. The number of aromatic nitrogens is 1. The molecule has 1 heterocycles. The molecule has 1 atom stereocenters. The topological polar surface area (TPSA) is 71.6 Å². The Morgan fingerprint density at radius 1 is 1.50 bits per heavy atom. The summed E-state index contributed by atoms with van der Waals surface area (Å²) >= 11 is 0. The maximum Gasteiger partial charge on any atom is 0.573 e. The number of hydrogen-bond donors (Lipinski definition) is 2. The predicted molar refractivity (Wildman–Crippen MR) is 103 cm³/mol. The fourth-order valence-corrected chi connectivity index (χ4v) is 2.77. The minimum absolute atomic E-state index is 0.210. The highest BCUT2D eigenvalue weighted by molar-refractivity contribution is 5.67. The average Bonchev–Trinajstić information content (AvgIpc) is 3.47. The van der Waals surface area contributed by atoms with E-state index in [-0.39, 0.29) is 11.7 Å². The highest BCUT2D eigenvalue weighted by Crippen LogP contribution is 2.37. The zero-order chi connectivity index (χ0) is 20.9. The number of nitrogens with two attached hydrogens (primary N) is 1. The van der Waals surface area contributed by atoms with Crippen LogP contribution in [-0.2, 0) is 0 Å². The SMILES string of the molecule is C=CCCN(/C=C(\CC)c1cnc(N)c(OC(F)(F)F)c1)C(=C)C(O)C1CC1. The number of nitrogen functional groups attached to an aromatic ring is 1. The molecule has 1 aliphatic carbocycles. The number of hydrogen-bond acceptors (Lipinski definition) is 5. The number of aliphatic hydroxyl groups excluding tert-OH is 1. The van der Waals surface area contributed by atoms with Crippen LogP contribution in [0.25, 0.3) is 5.57 Å². The number of pyridine rings is 1. The number of anilines is 1. The Balaban J connectivity index is 2.33. The zero-order valence-electron chi connectivity index (χ0n) is 15.9. The number of rotatable bonds is 10. The zero-order valence-corrected chi connectivity index (χ0v) is 15.9. The van der Waals surface area contributed by atoms with Crippen LogP contribution in [0.1, 0.15) is 38.2 Å². The summed E-state index contributed by atoms with van der Waals surface area (Å²) in [5, 5.41) is 10.4. The third-order valence-electron chi connectivity index (χ3n) is 4.52. The van der Waals surface area contributed by atoms with Crippen LogP contribution >= 0.6 is 0 Å². The molecule has 0 spiro atoms. The van der Waals surface area contributed by atoms with Crippen LogP contribution in [0.4, 0.5) is 19.0 Å². The van der Waals surface area contributed by atoms with Gasteiger partial charge in [0.1, 0.15) is 0 Å². The number of aliphatic hydroxyl groups is 1. The molecule has 1 aliphatic rings. The fourth-order valence-electron chi connectivity index (χ4n) is 2.77. The Labute approximate surface area is 163 Å². The first-order valence-corrected chi connectivity index (χ1v) is 9.13. The molecule has 0 aromatic carbocycles. The van der Waals surface area contributed by atoms with E-state index in [0.29, 0.717) is 36.2 Å². The lowest BCUT2D eigenvalue weighted by molar-refractivity contribution is -0.274. The second-order valence-electron chi connectivity index (χ2n) is 6.71. The first kappa shape index (κ1) is 21.8. The summed E-state index contributed by atoms with van der Waals surface area (Å²) in [6.45, 7) is 10.1. The summed E-state index contributed by atoms with van der Waals surface area (Å²) < 4.78 is 41.7. The van der Waals surface area contributed by atoms with Gasteiger partial charge in [0.25, 0.3) is 0 Å². The van der Waals surface area contributed by atoms with Crippen LogP contribution < -0.4 is 10.5 Å². The number of ether oxygens (including phenoxy) is 1. The molecular formula is C20H26F3N3O2. The molecule has 2 rings (SSSR count). The van der Waals surface area contributed by atoms with E-state index in [2.05, 4.69) is 22.9 Å². The molecule has 154 valence electrons. The van der Waals surface area contributed by atoms with E-state index in [1.165, 1.54) is 12.3 Å². The van der Waals surface area contributed by atoms with Crippen molar-refractivity contribution < 1.29 is 23.0 Å². The van der Waals surface area contributed by atoms with Gasteiger partial charge >= 0.3 is 6.36 Å². The molecule has 0 radical (unpaired) electrons. The van der Waals surface area contributed by atoms with Crippen molar-refractivity contribution in [1.29, 1.82) is 0 Å². The Bertz CT molecular complexity index is 743. The second kappa shape index (κ2) is 9.14. The van der Waals surface area contributed by atoms with Crippen LogP contribution in [0.3, 0.4) is 0 Å². The Kier molecular flexibility index (Phi) is 7.12. The van der Waals surface area contributed by atoms with Gasteiger partial charge in [0.05, 0.1) is 6.10 Å². The fraction of sp³-hybridized carbons (Fsp3) is 0.450. The lowest BCUT2D eigenvalue weighted by atomic mass is 10.1. The minimum atomic E-state index is -4.86. The second-order valence-corrected chi connectivity index (χ2v) is 6.71. The van der Waals surface area contributed by atoms with Gasteiger partial charge in [-0.15, -0.1) is 19.8 Å². The van der Waals surface area contributed by atoms with E-state index < -0.39 is 18.2 Å². The van der Waals surface area contributed by atoms with Gasteiger partial charge in [-0.2, -0.15) is 0 Å². The van der Waals surface area contributed by atoms with E-state index in [1.54, 1.807) is 12.3 Å². The van der Waals surface area contributed by atoms with E-state index in [1.807, 2.05) is 11.8 Å². The Hall–Kier alpha value is -2.48. The number of nitrogens with zero attached hydrogens (tertiary/aromatic N) is 2. The van der Waals surface area contributed by atoms with E-state index in [9.17, 15) is 18.3 Å². The predicted octanol–water partition coefficient (Wildman–Crippen LogP) is 4.48. The number of halogens is 3. The third-order valence-corrected chi connectivity index (χ3v) is 4.52. The maximum absolute atomic E-state index is 12.6. The summed E-state index contributed by atoms with van der Waals surface area (Å²) in [5.41, 5.74) is 7.24. The largest absolute Gasteiger partial charge is 0.573 e. The Morgan fingerprint density at radius 3 is 2.71 bits per heavy atom. The van der Waals surface area contributed by atoms with Gasteiger partial charge in [-0.1, -0.05) is 19.6 Å². The lowest BCUT2D eigenvalue weighted by Crippen LogP contribution is -2.27. The first-order chi connectivity index (χ1) is 13.2. The molecule has 1 aromatic heterocycles. The van der Waals surface area contributed by atoms with Crippen molar-refractivity contribution in [2.45, 2.75) is 45.1 Å². The average molecular weight is 397 g/mol. The molecule has 8 heteroatoms. The van der Waals surface area contributed by atoms with Crippen molar-refractivity contribution in [3.8, 4) is 5.75 Å². The lowest BCUT2D eigenvalue weighted by Gasteiger charge is -2.27. The van der Waals surface area contributed by atoms with Gasteiger partial charge in [0, 0.05) is 30.2 Å². The quantitative estimate of drug-likeness (QED) is 0.570. The van der Waals surface area contributed by atoms with Gasteiger partial charge in [-0.25, -0.2) is 4.98 Å². The van der Waals surface area contributed by atoms with Gasteiger partial charge in [0.15, 0.2) is 11.6 Å². The van der Waals surface area contributed by atoms with Crippen molar-refractivity contribution in [1.82, 2.24) is 9.88 Å². The molecule has 1 fully saturated rings. The number of allylic oxidation sites excluding steroid dienone is 1. The molecule has 28 heavy (non-hydrogen) atoms. The van der Waals surface area contributed by atoms with E-state index >= 15 is 0 Å². The van der Waals surface area contributed by atoms with Crippen LogP contribution in [-0.4, -0.2) is 34.0 Å². The summed E-state index contributed by atoms with van der Waals surface area (Å²) in [6.07, 6.45) is 2.53. The molecule has 1 unspecified atom stereocenters. The molecule has 5 nitrogen and oxygen atoms in total. The van der Waals surface area contributed by atoms with Gasteiger partial charge in [-0.05, 0) is 43.2 Å². The van der Waals surface area contributed by atoms with Crippen LogP contribution in [0.5, 0.6) is 5.75 Å². The van der Waals surface area contributed by atoms with Gasteiger partial charge < -0.3 is 20.5 Å². The highest BCUT2D eigenvalue weighted by atomic mass is 19.4. The van der Waals surface area contributed by atoms with Crippen LogP contribution in [0.2, 0.25) is 0 Å². The van der Waals surface area contributed by atoms with E-state index in [4.69, 9.17) is 5.73 Å². The number of alkyl halides is 3. The summed E-state index contributed by atoms with van der Waals surface area (Å²) in [7, 11) is 0. The molecule has 0 bridgehead atoms. The molecule has 1 aromatic rings. The minimum Gasteiger partial charge on any atom is -0.402 e. The summed E-state index contributed by atoms with van der Waals surface area (Å²) in [6, 6.07) is 1.22. The van der Waals surface area contributed by atoms with Crippen molar-refractivity contribution in [2.24, 2.45) is 5.92 Å². The van der Waals surface area contributed by atoms with Crippen molar-refractivity contribution in [3.63, 3.8) is 0 Å². The molecule has 0 aliphatic heterocycles. The highest BCUT2D eigenvalue weighted by Gasteiger charge is 2.33. The first-order valence-electron chi connectivity index (χ1n) is 9.13. The van der Waals surface area contributed by atoms with Crippen molar-refractivity contribution in [2.75, 3.05) is 12.3 Å². The van der Waals surface area contributed by atoms with Crippen LogP contribution in [0, 0.1) is 5.92 Å². The molecular weight excluding hydrogens is 371 g/mol. The van der Waals surface area contributed by atoms with Crippen molar-refractivity contribution in [3.05, 3.63) is 49.0 Å². The summed E-state index contributed by atoms with van der Waals surface area (Å²) in [5.74, 6) is -0.672. The molecule has 0 amide bonds. The normalized spacial score (nSPS) is 15.8. The summed E-state index contributed by atoms with van der Waals surface area (Å²) in [4.78, 5) is 5.65. The van der Waals surface area contributed by atoms with Crippen molar-refractivity contribution >= 4 is 11.4 Å². The third kappa shape index (κ3) is 6.02. The van der Waals surface area contributed by atoms with Gasteiger partial charge in [0.2, 0.25) is 0 Å². The van der Waals surface area contributed by atoms with Crippen LogP contribution in [0.15, 0.2) is 43.4 Å². The monoisotopic (exact) mass is 397 g/mol. The smallest absolute Gasteiger partial charge is 0.402 e. The molecule has 1 saturated carbocycles. The van der Waals surface area contributed by atoms with E-state index in [0.717, 1.165) is 12.8 Å². The van der Waals surface area contributed by atoms with Gasteiger partial charge in [-0.3, -0.25) is 0 Å².